The molecule has 4 aromatic carbocycles. The summed E-state index contributed by atoms with van der Waals surface area (Å²) in [4.78, 5) is 15.3. The maximum atomic E-state index is 13.0. The summed E-state index contributed by atoms with van der Waals surface area (Å²) in [6.45, 7) is 4.98. The Morgan fingerprint density at radius 2 is 1.60 bits per heavy atom. The SMILES string of the molecule is CCN(c1ccc(C)cc1)c1ccc2c(c1)Oc1c(OC)cccc1C21OC(=O)c2ccccc21. The zero-order valence-electron chi connectivity index (χ0n) is 19.9. The first-order chi connectivity index (χ1) is 17.1. The van der Waals surface area contributed by atoms with E-state index in [2.05, 4.69) is 49.1 Å². The first-order valence-corrected chi connectivity index (χ1v) is 11.7. The van der Waals surface area contributed by atoms with Gasteiger partial charge in [0.05, 0.1) is 18.2 Å². The van der Waals surface area contributed by atoms with Crippen LogP contribution in [0.2, 0.25) is 0 Å². The lowest BCUT2D eigenvalue weighted by molar-refractivity contribution is 0.0222. The van der Waals surface area contributed by atoms with E-state index < -0.39 is 5.60 Å². The first-order valence-electron chi connectivity index (χ1n) is 11.7. The number of benzene rings is 4. The van der Waals surface area contributed by atoms with E-state index in [1.807, 2.05) is 54.6 Å². The molecule has 2 heterocycles. The van der Waals surface area contributed by atoms with E-state index in [1.165, 1.54) is 5.56 Å². The van der Waals surface area contributed by atoms with Crippen LogP contribution >= 0.6 is 0 Å². The van der Waals surface area contributed by atoms with Gasteiger partial charge in [-0.05, 0) is 50.2 Å². The van der Waals surface area contributed by atoms with E-state index in [4.69, 9.17) is 14.2 Å². The van der Waals surface area contributed by atoms with E-state index in [-0.39, 0.29) is 5.97 Å². The Morgan fingerprint density at radius 3 is 2.37 bits per heavy atom. The van der Waals surface area contributed by atoms with Gasteiger partial charge < -0.3 is 19.1 Å². The predicted molar refractivity (Wildman–Crippen MR) is 135 cm³/mol. The number of hydrogen-bond donors (Lipinski definition) is 0. The van der Waals surface area contributed by atoms with Crippen LogP contribution in [-0.2, 0) is 10.3 Å². The lowest BCUT2D eigenvalue weighted by atomic mass is 9.77. The summed E-state index contributed by atoms with van der Waals surface area (Å²) in [5.41, 5.74) is 5.11. The van der Waals surface area contributed by atoms with Gasteiger partial charge in [0.1, 0.15) is 5.75 Å². The minimum Gasteiger partial charge on any atom is -0.493 e. The van der Waals surface area contributed by atoms with Crippen molar-refractivity contribution < 1.29 is 19.0 Å². The normalized spacial score (nSPS) is 17.2. The Balaban J connectivity index is 1.58. The van der Waals surface area contributed by atoms with Crippen LogP contribution in [-0.4, -0.2) is 19.6 Å². The van der Waals surface area contributed by atoms with E-state index in [0.717, 1.165) is 34.6 Å². The Bertz CT molecular complexity index is 1460. The number of hydrogen-bond acceptors (Lipinski definition) is 5. The highest BCUT2D eigenvalue weighted by Gasteiger charge is 2.54. The van der Waals surface area contributed by atoms with Crippen molar-refractivity contribution in [3.8, 4) is 17.2 Å². The van der Waals surface area contributed by atoms with Gasteiger partial charge in [0.15, 0.2) is 17.1 Å². The van der Waals surface area contributed by atoms with Crippen LogP contribution in [0.3, 0.4) is 0 Å². The van der Waals surface area contributed by atoms with Crippen LogP contribution < -0.4 is 14.4 Å². The number of fused-ring (bicyclic) bond motifs is 6. The van der Waals surface area contributed by atoms with Gasteiger partial charge in [-0.15, -0.1) is 0 Å². The zero-order chi connectivity index (χ0) is 24.2. The third-order valence-electron chi connectivity index (χ3n) is 6.88. The number of esters is 1. The van der Waals surface area contributed by atoms with E-state index in [9.17, 15) is 4.79 Å². The van der Waals surface area contributed by atoms with Crippen molar-refractivity contribution in [2.75, 3.05) is 18.6 Å². The zero-order valence-corrected chi connectivity index (χ0v) is 19.9. The summed E-state index contributed by atoms with van der Waals surface area (Å²) in [5, 5.41) is 0. The molecule has 0 aromatic heterocycles. The van der Waals surface area contributed by atoms with Crippen molar-refractivity contribution in [3.63, 3.8) is 0 Å². The van der Waals surface area contributed by atoms with Gasteiger partial charge in [0.2, 0.25) is 0 Å². The second-order valence-electron chi connectivity index (χ2n) is 8.82. The maximum absolute atomic E-state index is 13.0. The Kier molecular flexibility index (Phi) is 4.81. The summed E-state index contributed by atoms with van der Waals surface area (Å²) in [6, 6.07) is 27.8. The van der Waals surface area contributed by atoms with Gasteiger partial charge in [-0.3, -0.25) is 0 Å². The number of carbonyl (C=O) groups excluding carboxylic acids is 1. The molecule has 35 heavy (non-hydrogen) atoms. The quantitative estimate of drug-likeness (QED) is 0.314. The smallest absolute Gasteiger partial charge is 0.340 e. The number of rotatable bonds is 4. The number of methoxy groups -OCH3 is 1. The standard InChI is InChI=1S/C30H25NO4/c1-4-31(20-14-12-19(2)13-15-20)21-16-17-24-27(18-21)34-28-25(10-7-11-26(28)33-3)30(24)23-9-6-5-8-22(23)29(32)35-30/h5-18H,4H2,1-3H3. The largest absolute Gasteiger partial charge is 0.493 e. The van der Waals surface area contributed by atoms with E-state index in [1.54, 1.807) is 7.11 Å². The molecule has 2 aliphatic rings. The van der Waals surface area contributed by atoms with Crippen LogP contribution in [0.1, 0.15) is 39.5 Å². The highest BCUT2D eigenvalue weighted by atomic mass is 16.6. The first kappa shape index (κ1) is 21.3. The maximum Gasteiger partial charge on any atom is 0.340 e. The molecule has 0 fully saturated rings. The van der Waals surface area contributed by atoms with Gasteiger partial charge in [-0.2, -0.15) is 0 Å². The number of nitrogens with zero attached hydrogens (tertiary/aromatic N) is 1. The number of ether oxygens (including phenoxy) is 3. The molecule has 174 valence electrons. The van der Waals surface area contributed by atoms with E-state index in [0.29, 0.717) is 22.8 Å². The van der Waals surface area contributed by atoms with Gasteiger partial charge >= 0.3 is 5.97 Å². The molecule has 1 atom stereocenters. The molecule has 1 spiro atoms. The number of aryl methyl sites for hydroxylation is 1. The fourth-order valence-electron chi connectivity index (χ4n) is 5.22. The summed E-state index contributed by atoms with van der Waals surface area (Å²) in [7, 11) is 1.61. The van der Waals surface area contributed by atoms with Crippen LogP contribution in [0.4, 0.5) is 11.4 Å². The Labute approximate surface area is 204 Å². The van der Waals surface area contributed by atoms with Crippen molar-refractivity contribution in [2.45, 2.75) is 19.4 Å². The summed E-state index contributed by atoms with van der Waals surface area (Å²) in [6.07, 6.45) is 0. The van der Waals surface area contributed by atoms with Crippen molar-refractivity contribution in [1.29, 1.82) is 0 Å². The molecule has 0 aliphatic carbocycles. The van der Waals surface area contributed by atoms with Crippen LogP contribution in [0, 0.1) is 6.92 Å². The van der Waals surface area contributed by atoms with Crippen molar-refractivity contribution in [2.24, 2.45) is 0 Å². The number of anilines is 2. The Hall–Kier alpha value is -4.25. The molecular formula is C30H25NO4. The van der Waals surface area contributed by atoms with Crippen molar-refractivity contribution in [1.82, 2.24) is 0 Å². The molecular weight excluding hydrogens is 438 g/mol. The predicted octanol–water partition coefficient (Wildman–Crippen LogP) is 6.73. The third-order valence-corrected chi connectivity index (χ3v) is 6.88. The molecule has 0 N–H and O–H groups in total. The van der Waals surface area contributed by atoms with Crippen LogP contribution in [0.25, 0.3) is 0 Å². The molecule has 0 saturated carbocycles. The molecule has 0 bridgehead atoms. The second kappa shape index (κ2) is 7.91. The van der Waals surface area contributed by atoms with Crippen LogP contribution in [0.15, 0.2) is 84.9 Å². The molecule has 0 radical (unpaired) electrons. The highest BCUT2D eigenvalue weighted by Crippen LogP contribution is 2.58. The third kappa shape index (κ3) is 3.04. The molecule has 4 aromatic rings. The molecule has 2 aliphatic heterocycles. The monoisotopic (exact) mass is 463 g/mol. The molecule has 1 unspecified atom stereocenters. The fraction of sp³-hybridized carbons (Fsp3) is 0.167. The van der Waals surface area contributed by atoms with Gasteiger partial charge in [-0.1, -0.05) is 48.0 Å². The van der Waals surface area contributed by atoms with Gasteiger partial charge in [0.25, 0.3) is 0 Å². The lowest BCUT2D eigenvalue weighted by Crippen LogP contribution is -2.33. The number of para-hydroxylation sites is 1. The minimum atomic E-state index is -1.11. The lowest BCUT2D eigenvalue weighted by Gasteiger charge is -2.37. The summed E-state index contributed by atoms with van der Waals surface area (Å²) >= 11 is 0. The summed E-state index contributed by atoms with van der Waals surface area (Å²) < 4.78 is 18.4. The molecule has 0 saturated heterocycles. The average molecular weight is 464 g/mol. The van der Waals surface area contributed by atoms with Crippen molar-refractivity contribution >= 4 is 17.3 Å². The highest BCUT2D eigenvalue weighted by molar-refractivity contribution is 5.97. The van der Waals surface area contributed by atoms with Gasteiger partial charge in [-0.25, -0.2) is 4.79 Å². The minimum absolute atomic E-state index is 0.346. The average Bonchev–Trinajstić information content (AvgIpc) is 3.18. The molecule has 6 rings (SSSR count). The molecule has 5 nitrogen and oxygen atoms in total. The molecule has 0 amide bonds. The van der Waals surface area contributed by atoms with Crippen molar-refractivity contribution in [3.05, 3.63) is 113 Å². The summed E-state index contributed by atoms with van der Waals surface area (Å²) in [5.74, 6) is 1.43. The molecule has 5 heteroatoms. The van der Waals surface area contributed by atoms with E-state index >= 15 is 0 Å². The fourth-order valence-corrected chi connectivity index (χ4v) is 5.22. The number of carbonyl (C=O) groups is 1. The topological polar surface area (TPSA) is 48.0 Å². The van der Waals surface area contributed by atoms with Crippen LogP contribution in [0.5, 0.6) is 17.2 Å². The second-order valence-corrected chi connectivity index (χ2v) is 8.82. The van der Waals surface area contributed by atoms with Gasteiger partial charge in [0, 0.05) is 35.1 Å². The Morgan fingerprint density at radius 1 is 0.857 bits per heavy atom.